The maximum absolute atomic E-state index is 4.26. The van der Waals surface area contributed by atoms with Crippen LogP contribution in [0, 0.1) is 0 Å². The van der Waals surface area contributed by atoms with Gasteiger partial charge in [0.25, 0.3) is 0 Å². The van der Waals surface area contributed by atoms with Crippen molar-refractivity contribution in [1.82, 2.24) is 14.9 Å². The lowest BCUT2D eigenvalue weighted by molar-refractivity contribution is 0.666. The van der Waals surface area contributed by atoms with E-state index in [4.69, 9.17) is 0 Å². The molecule has 108 valence electrons. The lowest BCUT2D eigenvalue weighted by Gasteiger charge is -2.11. The molecule has 1 N–H and O–H groups in total. The van der Waals surface area contributed by atoms with Gasteiger partial charge in [0.1, 0.15) is 0 Å². The fraction of sp³-hybridized carbons (Fsp3) is 0.235. The molecular weight excluding hydrogens is 326 g/mol. The summed E-state index contributed by atoms with van der Waals surface area (Å²) in [6.45, 7) is 4.82. The third-order valence-electron chi connectivity index (χ3n) is 3.55. The Labute approximate surface area is 133 Å². The first-order chi connectivity index (χ1) is 10.3. The normalized spacial score (nSPS) is 11.1. The molecule has 0 saturated carbocycles. The van der Waals surface area contributed by atoms with Crippen molar-refractivity contribution < 1.29 is 0 Å². The Bertz CT molecular complexity index is 749. The van der Waals surface area contributed by atoms with Crippen molar-refractivity contribution in [2.45, 2.75) is 20.0 Å². The minimum Gasteiger partial charge on any atom is -0.339 e. The zero-order valence-electron chi connectivity index (χ0n) is 12.0. The molecule has 0 aliphatic rings. The van der Waals surface area contributed by atoms with Gasteiger partial charge in [0.15, 0.2) is 0 Å². The molecule has 3 rings (SSSR count). The van der Waals surface area contributed by atoms with Crippen LogP contribution in [-0.2, 0) is 13.1 Å². The molecule has 0 spiro atoms. The van der Waals surface area contributed by atoms with E-state index in [2.05, 4.69) is 74.1 Å². The summed E-state index contributed by atoms with van der Waals surface area (Å²) in [6.07, 6.45) is 3.74. The molecule has 3 aromatic rings. The lowest BCUT2D eigenvalue weighted by atomic mass is 10.2. The van der Waals surface area contributed by atoms with Gasteiger partial charge in [0, 0.05) is 41.2 Å². The van der Waals surface area contributed by atoms with E-state index in [0.29, 0.717) is 0 Å². The topological polar surface area (TPSA) is 29.9 Å². The number of halogens is 1. The fourth-order valence-electron chi connectivity index (χ4n) is 2.58. The van der Waals surface area contributed by atoms with Crippen molar-refractivity contribution in [2.75, 3.05) is 6.54 Å². The predicted octanol–water partition coefficient (Wildman–Crippen LogP) is 3.96. The molecule has 1 aromatic carbocycles. The average Bonchev–Trinajstić information content (AvgIpc) is 2.83. The molecule has 2 heterocycles. The van der Waals surface area contributed by atoms with Crippen LogP contribution >= 0.6 is 15.9 Å². The quantitative estimate of drug-likeness (QED) is 0.759. The predicted molar refractivity (Wildman–Crippen MR) is 90.4 cm³/mol. The highest BCUT2D eigenvalue weighted by molar-refractivity contribution is 9.10. The van der Waals surface area contributed by atoms with Gasteiger partial charge in [-0.3, -0.25) is 4.98 Å². The summed E-state index contributed by atoms with van der Waals surface area (Å²) in [4.78, 5) is 4.26. The molecule has 21 heavy (non-hydrogen) atoms. The smallest absolute Gasteiger partial charge is 0.0495 e. The first kappa shape index (κ1) is 14.3. The number of fused-ring (bicyclic) bond motifs is 1. The van der Waals surface area contributed by atoms with E-state index in [1.54, 1.807) is 0 Å². The Hall–Kier alpha value is -1.65. The number of benzene rings is 1. The van der Waals surface area contributed by atoms with Crippen LogP contribution in [0.5, 0.6) is 0 Å². The van der Waals surface area contributed by atoms with Crippen molar-refractivity contribution in [2.24, 2.45) is 0 Å². The summed E-state index contributed by atoms with van der Waals surface area (Å²) in [7, 11) is 0. The molecule has 0 unspecified atom stereocenters. The Morgan fingerprint density at radius 1 is 1.19 bits per heavy atom. The number of aromatic nitrogens is 2. The van der Waals surface area contributed by atoms with Crippen LogP contribution in [0.4, 0.5) is 0 Å². The summed E-state index contributed by atoms with van der Waals surface area (Å²) in [5, 5.41) is 4.70. The van der Waals surface area contributed by atoms with E-state index in [9.17, 15) is 0 Å². The SMILES string of the molecule is CCNCc1cc2ccccc2n1Cc1cncc(Br)c1. The molecule has 4 heteroatoms. The van der Waals surface area contributed by atoms with Gasteiger partial charge in [0.05, 0.1) is 0 Å². The largest absolute Gasteiger partial charge is 0.339 e. The van der Waals surface area contributed by atoms with Crippen LogP contribution in [0.1, 0.15) is 18.2 Å². The van der Waals surface area contributed by atoms with Crippen molar-refractivity contribution >= 4 is 26.8 Å². The molecule has 0 radical (unpaired) electrons. The minimum absolute atomic E-state index is 0.834. The third kappa shape index (κ3) is 3.17. The standard InChI is InChI=1S/C17H18BrN3/c1-2-19-11-16-8-14-5-3-4-6-17(14)21(16)12-13-7-15(18)10-20-9-13/h3-10,19H,2,11-12H2,1H3. The van der Waals surface area contributed by atoms with E-state index in [1.165, 1.54) is 22.2 Å². The Kier molecular flexibility index (Phi) is 4.36. The molecule has 3 nitrogen and oxygen atoms in total. The van der Waals surface area contributed by atoms with Crippen molar-refractivity contribution in [3.8, 4) is 0 Å². The molecule has 0 amide bonds. The monoisotopic (exact) mass is 343 g/mol. The minimum atomic E-state index is 0.834. The van der Waals surface area contributed by atoms with E-state index < -0.39 is 0 Å². The van der Waals surface area contributed by atoms with Crippen LogP contribution < -0.4 is 5.32 Å². The summed E-state index contributed by atoms with van der Waals surface area (Å²) in [6, 6.07) is 12.9. The molecule has 0 aliphatic carbocycles. The first-order valence-corrected chi connectivity index (χ1v) is 7.94. The van der Waals surface area contributed by atoms with Crippen LogP contribution in [0.25, 0.3) is 10.9 Å². The number of hydrogen-bond acceptors (Lipinski definition) is 2. The third-order valence-corrected chi connectivity index (χ3v) is 3.99. The van der Waals surface area contributed by atoms with Crippen molar-refractivity contribution in [1.29, 1.82) is 0 Å². The second-order valence-electron chi connectivity index (χ2n) is 5.07. The van der Waals surface area contributed by atoms with E-state index >= 15 is 0 Å². The van der Waals surface area contributed by atoms with Gasteiger partial charge in [-0.25, -0.2) is 0 Å². The van der Waals surface area contributed by atoms with Gasteiger partial charge >= 0.3 is 0 Å². The Morgan fingerprint density at radius 3 is 2.86 bits per heavy atom. The zero-order chi connectivity index (χ0) is 14.7. The zero-order valence-corrected chi connectivity index (χ0v) is 13.6. The van der Waals surface area contributed by atoms with Gasteiger partial charge in [-0.05, 0) is 51.6 Å². The Morgan fingerprint density at radius 2 is 2.05 bits per heavy atom. The maximum atomic E-state index is 4.26. The van der Waals surface area contributed by atoms with Gasteiger partial charge < -0.3 is 9.88 Å². The van der Waals surface area contributed by atoms with Crippen molar-refractivity contribution in [3.05, 3.63) is 64.5 Å². The average molecular weight is 344 g/mol. The van der Waals surface area contributed by atoms with Crippen LogP contribution in [0.2, 0.25) is 0 Å². The van der Waals surface area contributed by atoms with Gasteiger partial charge in [-0.2, -0.15) is 0 Å². The molecule has 0 aliphatic heterocycles. The number of hydrogen-bond donors (Lipinski definition) is 1. The molecule has 0 atom stereocenters. The van der Waals surface area contributed by atoms with Crippen LogP contribution in [0.15, 0.2) is 53.3 Å². The number of pyridine rings is 1. The summed E-state index contributed by atoms with van der Waals surface area (Å²) < 4.78 is 3.38. The molecule has 0 fully saturated rings. The second kappa shape index (κ2) is 6.41. The van der Waals surface area contributed by atoms with Gasteiger partial charge in [-0.15, -0.1) is 0 Å². The first-order valence-electron chi connectivity index (χ1n) is 7.15. The summed E-state index contributed by atoms with van der Waals surface area (Å²) in [5.41, 5.74) is 3.77. The van der Waals surface area contributed by atoms with Crippen LogP contribution in [0.3, 0.4) is 0 Å². The highest BCUT2D eigenvalue weighted by Gasteiger charge is 2.09. The molecule has 0 saturated heterocycles. The molecular formula is C17H18BrN3. The van der Waals surface area contributed by atoms with E-state index in [1.807, 2.05) is 12.4 Å². The highest BCUT2D eigenvalue weighted by Crippen LogP contribution is 2.22. The highest BCUT2D eigenvalue weighted by atomic mass is 79.9. The molecule has 0 bridgehead atoms. The van der Waals surface area contributed by atoms with Crippen LogP contribution in [-0.4, -0.2) is 16.1 Å². The van der Waals surface area contributed by atoms with Crippen molar-refractivity contribution in [3.63, 3.8) is 0 Å². The molecule has 2 aromatic heterocycles. The number of nitrogens with one attached hydrogen (secondary N) is 1. The number of nitrogens with zero attached hydrogens (tertiary/aromatic N) is 2. The van der Waals surface area contributed by atoms with E-state index in [0.717, 1.165) is 24.1 Å². The number of rotatable bonds is 5. The number of para-hydroxylation sites is 1. The maximum Gasteiger partial charge on any atom is 0.0495 e. The Balaban J connectivity index is 2.02. The van der Waals surface area contributed by atoms with Gasteiger partial charge in [0.2, 0.25) is 0 Å². The fourth-order valence-corrected chi connectivity index (χ4v) is 2.99. The second-order valence-corrected chi connectivity index (χ2v) is 5.99. The summed E-state index contributed by atoms with van der Waals surface area (Å²) in [5.74, 6) is 0. The lowest BCUT2D eigenvalue weighted by Crippen LogP contribution is -2.15. The van der Waals surface area contributed by atoms with E-state index in [-0.39, 0.29) is 0 Å². The summed E-state index contributed by atoms with van der Waals surface area (Å²) >= 11 is 3.49. The van der Waals surface area contributed by atoms with Gasteiger partial charge in [-0.1, -0.05) is 25.1 Å².